The van der Waals surface area contributed by atoms with Gasteiger partial charge in [0.15, 0.2) is 0 Å². The molecule has 14 heavy (non-hydrogen) atoms. The number of hydrogen-bond acceptors (Lipinski definition) is 3. The van der Waals surface area contributed by atoms with Gasteiger partial charge in [0.2, 0.25) is 0 Å². The highest BCUT2D eigenvalue weighted by Crippen LogP contribution is 2.11. The summed E-state index contributed by atoms with van der Waals surface area (Å²) in [6.07, 6.45) is 3.06. The Balaban J connectivity index is 2.09. The Labute approximate surface area is 88.9 Å². The molecule has 78 valence electrons. The average Bonchev–Trinajstić information content (AvgIpc) is 2.68. The molecule has 0 aliphatic rings. The molecule has 1 aromatic rings. The van der Waals surface area contributed by atoms with Crippen molar-refractivity contribution in [3.8, 4) is 0 Å². The zero-order chi connectivity index (χ0) is 10.2. The molecule has 3 heteroatoms. The number of hydrogen-bond donors (Lipinski definition) is 0. The second-order valence-corrected chi connectivity index (χ2v) is 4.25. The van der Waals surface area contributed by atoms with E-state index in [2.05, 4.69) is 6.07 Å². The second kappa shape index (κ2) is 6.74. The van der Waals surface area contributed by atoms with E-state index in [-0.39, 0.29) is 0 Å². The number of methoxy groups -OCH3 is 1. The van der Waals surface area contributed by atoms with Crippen molar-refractivity contribution in [3.63, 3.8) is 0 Å². The van der Waals surface area contributed by atoms with Crippen molar-refractivity contribution in [1.29, 1.82) is 0 Å². The van der Waals surface area contributed by atoms with E-state index in [1.165, 1.54) is 4.88 Å². The number of ketones is 1. The predicted molar refractivity (Wildman–Crippen MR) is 58.8 cm³/mol. The number of rotatable bonds is 7. The highest BCUT2D eigenvalue weighted by atomic mass is 32.1. The fraction of sp³-hybridized carbons (Fsp3) is 0.545. The fourth-order valence-electron chi connectivity index (χ4n) is 1.26. The Morgan fingerprint density at radius 1 is 1.50 bits per heavy atom. The molecule has 0 unspecified atom stereocenters. The SMILES string of the molecule is COCCCC(=O)CCc1cccs1. The summed E-state index contributed by atoms with van der Waals surface area (Å²) < 4.78 is 4.89. The molecule has 0 fully saturated rings. The Morgan fingerprint density at radius 2 is 2.36 bits per heavy atom. The number of ether oxygens (including phenoxy) is 1. The van der Waals surface area contributed by atoms with E-state index in [1.807, 2.05) is 11.4 Å². The molecule has 0 N–H and O–H groups in total. The van der Waals surface area contributed by atoms with Crippen molar-refractivity contribution in [2.24, 2.45) is 0 Å². The van der Waals surface area contributed by atoms with Gasteiger partial charge < -0.3 is 4.74 Å². The van der Waals surface area contributed by atoms with E-state index in [4.69, 9.17) is 4.74 Å². The van der Waals surface area contributed by atoms with Crippen LogP contribution < -0.4 is 0 Å². The first-order valence-corrected chi connectivity index (χ1v) is 5.74. The Kier molecular flexibility index (Phi) is 5.49. The molecule has 0 aliphatic heterocycles. The summed E-state index contributed by atoms with van der Waals surface area (Å²) in [4.78, 5) is 12.7. The minimum Gasteiger partial charge on any atom is -0.385 e. The number of carbonyl (C=O) groups excluding carboxylic acids is 1. The summed E-state index contributed by atoms with van der Waals surface area (Å²) in [6.45, 7) is 0.685. The van der Waals surface area contributed by atoms with Crippen LogP contribution in [0, 0.1) is 0 Å². The minimum absolute atomic E-state index is 0.343. The third kappa shape index (κ3) is 4.53. The van der Waals surface area contributed by atoms with Gasteiger partial charge in [-0.05, 0) is 24.3 Å². The maximum Gasteiger partial charge on any atom is 0.133 e. The van der Waals surface area contributed by atoms with E-state index < -0.39 is 0 Å². The lowest BCUT2D eigenvalue weighted by molar-refractivity contribution is -0.119. The highest BCUT2D eigenvalue weighted by molar-refractivity contribution is 7.09. The van der Waals surface area contributed by atoms with Gasteiger partial charge in [0, 0.05) is 31.4 Å². The van der Waals surface area contributed by atoms with Crippen molar-refractivity contribution < 1.29 is 9.53 Å². The van der Waals surface area contributed by atoms with Crippen LogP contribution in [0.5, 0.6) is 0 Å². The standard InChI is InChI=1S/C11H16O2S/c1-13-8-2-4-10(12)6-7-11-5-3-9-14-11/h3,5,9H,2,4,6-8H2,1H3. The van der Waals surface area contributed by atoms with Crippen molar-refractivity contribution >= 4 is 17.1 Å². The lowest BCUT2D eigenvalue weighted by atomic mass is 10.1. The van der Waals surface area contributed by atoms with Crippen LogP contribution in [0.1, 0.15) is 24.1 Å². The second-order valence-electron chi connectivity index (χ2n) is 3.21. The fourth-order valence-corrected chi connectivity index (χ4v) is 1.97. The van der Waals surface area contributed by atoms with Gasteiger partial charge in [-0.15, -0.1) is 11.3 Å². The Hall–Kier alpha value is -0.670. The van der Waals surface area contributed by atoms with Crippen molar-refractivity contribution in [3.05, 3.63) is 22.4 Å². The van der Waals surface area contributed by atoms with Gasteiger partial charge in [-0.1, -0.05) is 6.07 Å². The average molecular weight is 212 g/mol. The molecule has 1 rings (SSSR count). The van der Waals surface area contributed by atoms with Crippen molar-refractivity contribution in [1.82, 2.24) is 0 Å². The van der Waals surface area contributed by atoms with Gasteiger partial charge >= 0.3 is 0 Å². The van der Waals surface area contributed by atoms with Crippen LogP contribution in [0.2, 0.25) is 0 Å². The zero-order valence-electron chi connectivity index (χ0n) is 8.49. The third-order valence-corrected chi connectivity index (χ3v) is 2.97. The molecule has 1 aromatic heterocycles. The first-order valence-electron chi connectivity index (χ1n) is 4.86. The molecule has 1 heterocycles. The third-order valence-electron chi connectivity index (χ3n) is 2.03. The molecule has 0 radical (unpaired) electrons. The molecule has 0 aliphatic carbocycles. The first kappa shape index (κ1) is 11.4. The first-order chi connectivity index (χ1) is 6.83. The number of Topliss-reactive ketones (excluding diaryl/α,β-unsaturated/α-hetero) is 1. The molecule has 0 aromatic carbocycles. The van der Waals surface area contributed by atoms with Crippen LogP contribution in [-0.2, 0) is 16.0 Å². The maximum atomic E-state index is 11.4. The van der Waals surface area contributed by atoms with E-state index in [0.29, 0.717) is 25.2 Å². The largest absolute Gasteiger partial charge is 0.385 e. The summed E-state index contributed by atoms with van der Waals surface area (Å²) in [7, 11) is 1.66. The summed E-state index contributed by atoms with van der Waals surface area (Å²) in [5.74, 6) is 0.343. The maximum absolute atomic E-state index is 11.4. The molecular weight excluding hydrogens is 196 g/mol. The highest BCUT2D eigenvalue weighted by Gasteiger charge is 2.02. The van der Waals surface area contributed by atoms with Crippen molar-refractivity contribution in [2.45, 2.75) is 25.7 Å². The number of carbonyl (C=O) groups is 1. The molecule has 0 saturated carbocycles. The van der Waals surface area contributed by atoms with Gasteiger partial charge in [-0.3, -0.25) is 4.79 Å². The van der Waals surface area contributed by atoms with Crippen LogP contribution in [0.25, 0.3) is 0 Å². The van der Waals surface area contributed by atoms with Gasteiger partial charge in [0.25, 0.3) is 0 Å². The van der Waals surface area contributed by atoms with Gasteiger partial charge in [0.1, 0.15) is 5.78 Å². The van der Waals surface area contributed by atoms with Crippen LogP contribution in [0.3, 0.4) is 0 Å². The lowest BCUT2D eigenvalue weighted by Crippen LogP contribution is -2.01. The van der Waals surface area contributed by atoms with Crippen LogP contribution >= 0.6 is 11.3 Å². The number of aryl methyl sites for hydroxylation is 1. The van der Waals surface area contributed by atoms with Gasteiger partial charge in [0.05, 0.1) is 0 Å². The normalized spacial score (nSPS) is 10.4. The van der Waals surface area contributed by atoms with E-state index in [9.17, 15) is 4.79 Å². The molecular formula is C11H16O2S. The van der Waals surface area contributed by atoms with Crippen LogP contribution in [0.15, 0.2) is 17.5 Å². The van der Waals surface area contributed by atoms with Crippen LogP contribution in [0.4, 0.5) is 0 Å². The summed E-state index contributed by atoms with van der Waals surface area (Å²) >= 11 is 1.72. The molecule has 2 nitrogen and oxygen atoms in total. The predicted octanol–water partition coefficient (Wildman–Crippen LogP) is 2.68. The molecule has 0 saturated heterocycles. The van der Waals surface area contributed by atoms with Gasteiger partial charge in [-0.2, -0.15) is 0 Å². The monoisotopic (exact) mass is 212 g/mol. The molecule has 0 spiro atoms. The minimum atomic E-state index is 0.343. The molecule has 0 amide bonds. The van der Waals surface area contributed by atoms with E-state index >= 15 is 0 Å². The Bertz CT molecular complexity index is 254. The van der Waals surface area contributed by atoms with Gasteiger partial charge in [-0.25, -0.2) is 0 Å². The molecule has 0 atom stereocenters. The quantitative estimate of drug-likeness (QED) is 0.649. The Morgan fingerprint density at radius 3 is 3.00 bits per heavy atom. The summed E-state index contributed by atoms with van der Waals surface area (Å²) in [5, 5.41) is 2.05. The summed E-state index contributed by atoms with van der Waals surface area (Å²) in [5.41, 5.74) is 0. The zero-order valence-corrected chi connectivity index (χ0v) is 9.31. The summed E-state index contributed by atoms with van der Waals surface area (Å²) in [6, 6.07) is 4.10. The topological polar surface area (TPSA) is 26.3 Å². The number of thiophene rings is 1. The van der Waals surface area contributed by atoms with E-state index in [0.717, 1.165) is 12.8 Å². The van der Waals surface area contributed by atoms with Crippen molar-refractivity contribution in [2.75, 3.05) is 13.7 Å². The smallest absolute Gasteiger partial charge is 0.133 e. The van der Waals surface area contributed by atoms with Crippen LogP contribution in [-0.4, -0.2) is 19.5 Å². The van der Waals surface area contributed by atoms with E-state index in [1.54, 1.807) is 18.4 Å². The lowest BCUT2D eigenvalue weighted by Gasteiger charge is -1.99. The molecule has 0 bridgehead atoms.